The fourth-order valence-corrected chi connectivity index (χ4v) is 3.51. The fourth-order valence-electron chi connectivity index (χ4n) is 3.15. The Morgan fingerprint density at radius 2 is 1.88 bits per heavy atom. The molecule has 0 saturated carbocycles. The zero-order valence-corrected chi connectivity index (χ0v) is 15.0. The van der Waals surface area contributed by atoms with Crippen LogP contribution in [0.4, 0.5) is 20.2 Å². The standard InChI is InChI=1S/C19H17ClF2N2O2/c1-10-6-11(2)17(13(20)7-10)23-19(26)12-8-16(25)24(9-12)18-14(21)4-3-5-15(18)22/h3-7,12H,8-9H2,1-2H3,(H,23,26). The molecule has 7 heteroatoms. The van der Waals surface area contributed by atoms with Crippen molar-refractivity contribution >= 4 is 34.8 Å². The second-order valence-corrected chi connectivity index (χ2v) is 6.81. The van der Waals surface area contributed by atoms with Gasteiger partial charge in [0.1, 0.15) is 17.3 Å². The van der Waals surface area contributed by atoms with Crippen LogP contribution in [0.5, 0.6) is 0 Å². The SMILES string of the molecule is Cc1cc(C)c(NC(=O)C2CC(=O)N(c3c(F)cccc3F)C2)c(Cl)c1. The van der Waals surface area contributed by atoms with Gasteiger partial charge in [0.2, 0.25) is 11.8 Å². The van der Waals surface area contributed by atoms with Crippen LogP contribution < -0.4 is 10.2 Å². The first kappa shape index (κ1) is 18.3. The van der Waals surface area contributed by atoms with Gasteiger partial charge >= 0.3 is 0 Å². The van der Waals surface area contributed by atoms with Gasteiger partial charge in [-0.2, -0.15) is 0 Å². The smallest absolute Gasteiger partial charge is 0.229 e. The molecule has 1 aliphatic rings. The van der Waals surface area contributed by atoms with Crippen molar-refractivity contribution in [3.8, 4) is 0 Å². The molecular formula is C19H17ClF2N2O2. The molecule has 1 unspecified atom stereocenters. The Balaban J connectivity index is 1.80. The number of rotatable bonds is 3. The highest BCUT2D eigenvalue weighted by Crippen LogP contribution is 2.32. The number of carbonyl (C=O) groups is 2. The summed E-state index contributed by atoms with van der Waals surface area (Å²) >= 11 is 6.19. The number of hydrogen-bond donors (Lipinski definition) is 1. The lowest BCUT2D eigenvalue weighted by molar-refractivity contribution is -0.122. The number of halogens is 3. The number of aryl methyl sites for hydroxylation is 2. The van der Waals surface area contributed by atoms with Crippen molar-refractivity contribution in [1.82, 2.24) is 0 Å². The highest BCUT2D eigenvalue weighted by atomic mass is 35.5. The van der Waals surface area contributed by atoms with Gasteiger partial charge in [-0.15, -0.1) is 0 Å². The summed E-state index contributed by atoms with van der Waals surface area (Å²) in [6.07, 6.45) is -0.123. The molecule has 0 spiro atoms. The number of carbonyl (C=O) groups excluding carboxylic acids is 2. The minimum atomic E-state index is -0.836. The molecule has 1 aliphatic heterocycles. The molecule has 1 atom stereocenters. The predicted molar refractivity (Wildman–Crippen MR) is 96.4 cm³/mol. The first-order chi connectivity index (χ1) is 12.3. The van der Waals surface area contributed by atoms with Crippen molar-refractivity contribution in [2.75, 3.05) is 16.8 Å². The van der Waals surface area contributed by atoms with E-state index in [1.807, 2.05) is 19.9 Å². The topological polar surface area (TPSA) is 49.4 Å². The summed E-state index contributed by atoms with van der Waals surface area (Å²) < 4.78 is 27.9. The molecule has 1 fully saturated rings. The van der Waals surface area contributed by atoms with E-state index in [1.54, 1.807) is 6.07 Å². The highest BCUT2D eigenvalue weighted by Gasteiger charge is 2.37. The molecule has 136 valence electrons. The second-order valence-electron chi connectivity index (χ2n) is 6.40. The largest absolute Gasteiger partial charge is 0.324 e. The van der Waals surface area contributed by atoms with Gasteiger partial charge < -0.3 is 10.2 Å². The van der Waals surface area contributed by atoms with Gasteiger partial charge in [0, 0.05) is 13.0 Å². The Kier molecular flexibility index (Phi) is 4.96. The van der Waals surface area contributed by atoms with E-state index >= 15 is 0 Å². The predicted octanol–water partition coefficient (Wildman–Crippen LogP) is 4.23. The Labute approximate surface area is 154 Å². The zero-order valence-electron chi connectivity index (χ0n) is 14.3. The summed E-state index contributed by atoms with van der Waals surface area (Å²) in [5, 5.41) is 3.13. The van der Waals surface area contributed by atoms with E-state index < -0.39 is 35.1 Å². The summed E-state index contributed by atoms with van der Waals surface area (Å²) in [6, 6.07) is 6.98. The van der Waals surface area contributed by atoms with Crippen LogP contribution in [0.25, 0.3) is 0 Å². The second kappa shape index (κ2) is 7.03. The normalized spacial score (nSPS) is 16.9. The highest BCUT2D eigenvalue weighted by molar-refractivity contribution is 6.34. The number of benzene rings is 2. The van der Waals surface area contributed by atoms with Crippen LogP contribution in [0.1, 0.15) is 17.5 Å². The van der Waals surface area contributed by atoms with E-state index in [9.17, 15) is 18.4 Å². The van der Waals surface area contributed by atoms with Crippen LogP contribution >= 0.6 is 11.6 Å². The van der Waals surface area contributed by atoms with E-state index in [4.69, 9.17) is 11.6 Å². The van der Waals surface area contributed by atoms with Gasteiger partial charge in [0.05, 0.1) is 16.6 Å². The third-order valence-electron chi connectivity index (χ3n) is 4.38. The molecule has 3 rings (SSSR count). The minimum Gasteiger partial charge on any atom is -0.324 e. The third-order valence-corrected chi connectivity index (χ3v) is 4.68. The Morgan fingerprint density at radius 3 is 2.50 bits per heavy atom. The number of amides is 2. The van der Waals surface area contributed by atoms with E-state index in [0.717, 1.165) is 28.2 Å². The van der Waals surface area contributed by atoms with Crippen LogP contribution in [-0.2, 0) is 9.59 Å². The molecule has 0 bridgehead atoms. The first-order valence-corrected chi connectivity index (χ1v) is 8.47. The molecule has 2 aromatic carbocycles. The lowest BCUT2D eigenvalue weighted by Crippen LogP contribution is -2.29. The summed E-state index contributed by atoms with van der Waals surface area (Å²) in [4.78, 5) is 25.8. The minimum absolute atomic E-state index is 0.0922. The van der Waals surface area contributed by atoms with Crippen molar-refractivity contribution in [1.29, 1.82) is 0 Å². The van der Waals surface area contributed by atoms with E-state index in [0.29, 0.717) is 10.7 Å². The quantitative estimate of drug-likeness (QED) is 0.869. The lowest BCUT2D eigenvalue weighted by atomic mass is 10.1. The molecule has 0 aromatic heterocycles. The lowest BCUT2D eigenvalue weighted by Gasteiger charge is -2.18. The monoisotopic (exact) mass is 378 g/mol. The molecule has 1 heterocycles. The maximum Gasteiger partial charge on any atom is 0.229 e. The number of para-hydroxylation sites is 1. The number of nitrogens with zero attached hydrogens (tertiary/aromatic N) is 1. The molecule has 26 heavy (non-hydrogen) atoms. The van der Waals surface area contributed by atoms with Crippen LogP contribution in [-0.4, -0.2) is 18.4 Å². The molecule has 0 radical (unpaired) electrons. The molecule has 2 amide bonds. The molecule has 0 aliphatic carbocycles. The fraction of sp³-hybridized carbons (Fsp3) is 0.263. The van der Waals surface area contributed by atoms with Crippen LogP contribution in [0.2, 0.25) is 5.02 Å². The summed E-state index contributed by atoms with van der Waals surface area (Å²) in [5.41, 5.74) is 1.81. The first-order valence-electron chi connectivity index (χ1n) is 8.10. The van der Waals surface area contributed by atoms with Gasteiger partial charge in [0.25, 0.3) is 0 Å². The Hall–Kier alpha value is -2.47. The van der Waals surface area contributed by atoms with Gasteiger partial charge in [-0.25, -0.2) is 8.78 Å². The molecule has 1 N–H and O–H groups in total. The van der Waals surface area contributed by atoms with E-state index in [-0.39, 0.29) is 13.0 Å². The third kappa shape index (κ3) is 3.42. The Morgan fingerprint density at radius 1 is 1.23 bits per heavy atom. The maximum absolute atomic E-state index is 13.9. The van der Waals surface area contributed by atoms with E-state index in [1.165, 1.54) is 6.07 Å². The molecule has 2 aromatic rings. The summed E-state index contributed by atoms with van der Waals surface area (Å²) in [5.74, 6) is -3.31. The number of nitrogens with one attached hydrogen (secondary N) is 1. The zero-order chi connectivity index (χ0) is 19.0. The average molecular weight is 379 g/mol. The van der Waals surface area contributed by atoms with Crippen LogP contribution in [0.3, 0.4) is 0 Å². The number of hydrogen-bond acceptors (Lipinski definition) is 2. The van der Waals surface area contributed by atoms with Gasteiger partial charge in [-0.3, -0.25) is 9.59 Å². The van der Waals surface area contributed by atoms with E-state index in [2.05, 4.69) is 5.32 Å². The van der Waals surface area contributed by atoms with Crippen molar-refractivity contribution in [2.24, 2.45) is 5.92 Å². The molecule has 1 saturated heterocycles. The summed E-state index contributed by atoms with van der Waals surface area (Å²) in [6.45, 7) is 3.61. The maximum atomic E-state index is 13.9. The molecule has 4 nitrogen and oxygen atoms in total. The molecular weight excluding hydrogens is 362 g/mol. The Bertz CT molecular complexity index is 858. The van der Waals surface area contributed by atoms with Crippen molar-refractivity contribution < 1.29 is 18.4 Å². The van der Waals surface area contributed by atoms with Gasteiger partial charge in [-0.05, 0) is 43.2 Å². The van der Waals surface area contributed by atoms with Crippen molar-refractivity contribution in [2.45, 2.75) is 20.3 Å². The van der Waals surface area contributed by atoms with Gasteiger partial charge in [-0.1, -0.05) is 23.7 Å². The van der Waals surface area contributed by atoms with Gasteiger partial charge in [0.15, 0.2) is 0 Å². The van der Waals surface area contributed by atoms with Crippen LogP contribution in [0, 0.1) is 31.4 Å². The number of anilines is 2. The van der Waals surface area contributed by atoms with Crippen molar-refractivity contribution in [3.63, 3.8) is 0 Å². The van der Waals surface area contributed by atoms with Crippen molar-refractivity contribution in [3.05, 3.63) is 58.1 Å². The summed E-state index contributed by atoms with van der Waals surface area (Å²) in [7, 11) is 0. The van der Waals surface area contributed by atoms with Crippen LogP contribution in [0.15, 0.2) is 30.3 Å². The average Bonchev–Trinajstić information content (AvgIpc) is 2.92.